The number of aliphatic imine (C=N–C) groups is 1. The molecule has 0 saturated carbocycles. The van der Waals surface area contributed by atoms with Gasteiger partial charge in [-0.1, -0.05) is 6.07 Å². The molecular formula is C16H20N8O5S2. The third-order valence-corrected chi connectivity index (χ3v) is 6.97. The lowest BCUT2D eigenvalue weighted by Gasteiger charge is -2.19. The van der Waals surface area contributed by atoms with Crippen molar-refractivity contribution in [2.24, 2.45) is 26.1 Å². The lowest BCUT2D eigenvalue weighted by molar-refractivity contribution is 0.259. The number of primary sulfonamides is 1. The summed E-state index contributed by atoms with van der Waals surface area (Å²) in [5, 5.41) is 22.3. The molecule has 0 spiro atoms. The molecule has 0 radical (unpaired) electrons. The number of aliphatic hydroxyl groups is 1. The summed E-state index contributed by atoms with van der Waals surface area (Å²) in [5.41, 5.74) is 11.7. The largest absolute Gasteiger partial charge is 0.395 e. The van der Waals surface area contributed by atoms with Gasteiger partial charge in [-0.15, -0.1) is 5.11 Å². The maximum absolute atomic E-state index is 13.0. The van der Waals surface area contributed by atoms with Crippen molar-refractivity contribution in [2.45, 2.75) is 15.8 Å². The molecule has 3 rings (SSSR count). The molecule has 2 aromatic rings. The zero-order chi connectivity index (χ0) is 22.8. The summed E-state index contributed by atoms with van der Waals surface area (Å²) >= 11 is 0. The smallest absolute Gasteiger partial charge is 0.242 e. The minimum absolute atomic E-state index is 0.0632. The van der Waals surface area contributed by atoms with Gasteiger partial charge >= 0.3 is 0 Å². The number of nitrogens with one attached hydrogen (secondary N) is 1. The molecule has 0 amide bonds. The highest BCUT2D eigenvalue weighted by Crippen LogP contribution is 2.35. The van der Waals surface area contributed by atoms with Crippen LogP contribution in [-0.4, -0.2) is 58.6 Å². The van der Waals surface area contributed by atoms with Gasteiger partial charge < -0.3 is 16.6 Å². The summed E-state index contributed by atoms with van der Waals surface area (Å²) in [7, 11) is -9.09. The Morgan fingerprint density at radius 1 is 1.19 bits per heavy atom. The number of nitrogens with zero attached hydrogens (tertiary/aromatic N) is 4. The Bertz CT molecular complexity index is 1270. The minimum Gasteiger partial charge on any atom is -0.395 e. The van der Waals surface area contributed by atoms with E-state index in [2.05, 4.69) is 24.9 Å². The highest BCUT2D eigenvalue weighted by atomic mass is 32.2. The Labute approximate surface area is 178 Å². The van der Waals surface area contributed by atoms with Crippen molar-refractivity contribution in [3.8, 4) is 11.1 Å². The lowest BCUT2D eigenvalue weighted by atomic mass is 9.99. The molecule has 1 aromatic heterocycles. The van der Waals surface area contributed by atoms with Crippen LogP contribution in [0, 0.1) is 0 Å². The molecule has 0 aliphatic carbocycles. The van der Waals surface area contributed by atoms with Gasteiger partial charge in [0.15, 0.2) is 12.5 Å². The molecule has 166 valence electrons. The van der Waals surface area contributed by atoms with Crippen molar-refractivity contribution < 1.29 is 21.9 Å². The number of rotatable bonds is 8. The third kappa shape index (κ3) is 4.76. The first-order chi connectivity index (χ1) is 14.6. The fourth-order valence-electron chi connectivity index (χ4n) is 2.94. The molecule has 1 atom stereocenters. The average molecular weight is 469 g/mol. The second kappa shape index (κ2) is 8.74. The van der Waals surface area contributed by atoms with E-state index in [-0.39, 0.29) is 36.0 Å². The van der Waals surface area contributed by atoms with Crippen molar-refractivity contribution in [3.63, 3.8) is 0 Å². The van der Waals surface area contributed by atoms with Gasteiger partial charge in [-0.05, 0) is 29.3 Å². The number of aromatic nitrogens is 1. The second-order valence-corrected chi connectivity index (χ2v) is 9.61. The lowest BCUT2D eigenvalue weighted by Crippen LogP contribution is -2.43. The van der Waals surface area contributed by atoms with Crippen LogP contribution >= 0.6 is 0 Å². The molecule has 0 saturated heterocycles. The summed E-state index contributed by atoms with van der Waals surface area (Å²) in [6, 6.07) is 4.44. The summed E-state index contributed by atoms with van der Waals surface area (Å²) in [5.74, 6) is 0.0479. The highest BCUT2D eigenvalue weighted by Gasteiger charge is 2.33. The molecule has 0 bridgehead atoms. The topological polar surface area (TPSA) is 229 Å². The highest BCUT2D eigenvalue weighted by molar-refractivity contribution is 7.92. The first-order valence-corrected chi connectivity index (χ1v) is 11.8. The number of anilines is 1. The number of hydrogen-bond acceptors (Lipinski definition) is 11. The van der Waals surface area contributed by atoms with Crippen LogP contribution in [0.15, 0.2) is 55.5 Å². The van der Waals surface area contributed by atoms with Gasteiger partial charge in [0.25, 0.3) is 0 Å². The Kier molecular flexibility index (Phi) is 6.44. The number of hydrogen-bond donors (Lipinski definition) is 5. The van der Waals surface area contributed by atoms with Gasteiger partial charge in [0.1, 0.15) is 15.6 Å². The molecule has 1 aromatic carbocycles. The summed E-state index contributed by atoms with van der Waals surface area (Å²) < 4.78 is 53.3. The van der Waals surface area contributed by atoms with E-state index in [0.717, 1.165) is 6.07 Å². The predicted octanol–water partition coefficient (Wildman–Crippen LogP) is -1.25. The van der Waals surface area contributed by atoms with E-state index < -0.39 is 42.5 Å². The zero-order valence-electron chi connectivity index (χ0n) is 16.0. The molecule has 13 nitrogen and oxygen atoms in total. The van der Waals surface area contributed by atoms with Gasteiger partial charge in [0, 0.05) is 12.7 Å². The molecule has 31 heavy (non-hydrogen) atoms. The van der Waals surface area contributed by atoms with Crippen LogP contribution in [0.5, 0.6) is 0 Å². The number of sulfonamides is 2. The van der Waals surface area contributed by atoms with Crippen LogP contribution in [0.1, 0.15) is 5.56 Å². The molecule has 1 aliphatic heterocycles. The molecule has 8 N–H and O–H groups in total. The van der Waals surface area contributed by atoms with Gasteiger partial charge in [0.05, 0.1) is 18.2 Å². The number of pyridine rings is 1. The van der Waals surface area contributed by atoms with E-state index >= 15 is 0 Å². The minimum atomic E-state index is -4.62. The molecule has 0 unspecified atom stereocenters. The SMILES string of the molecule is NC[C@H](CO)NS(=O)(=O)c1ccc(-c2ccnc(N)c2)c(C2=NCN=N2)c1S(N)(=O)=O. The molecule has 1 aliphatic rings. The Morgan fingerprint density at radius 3 is 2.48 bits per heavy atom. The zero-order valence-corrected chi connectivity index (χ0v) is 17.6. The standard InChI is InChI=1S/C16H20N8O5S2/c17-6-10(7-25)24-31(28,29)12-2-1-11(9-3-4-20-13(18)5-9)14(15(12)30(19,26)27)16-21-8-22-23-16/h1-5,10,24-25H,6-8,17H2,(H2,18,20)(H2,19,26,27)/t10-/m1/s1. The second-order valence-electron chi connectivity index (χ2n) is 6.43. The summed E-state index contributed by atoms with van der Waals surface area (Å²) in [4.78, 5) is 6.57. The summed E-state index contributed by atoms with van der Waals surface area (Å²) in [6.07, 6.45) is 1.41. The van der Waals surface area contributed by atoms with Crippen molar-refractivity contribution >= 4 is 31.7 Å². The molecule has 0 fully saturated rings. The fourth-order valence-corrected chi connectivity index (χ4v) is 5.78. The van der Waals surface area contributed by atoms with Crippen molar-refractivity contribution in [1.82, 2.24) is 9.71 Å². The number of amidine groups is 1. The molecule has 15 heteroatoms. The Balaban J connectivity index is 2.38. The fraction of sp³-hybridized carbons (Fsp3) is 0.250. The first-order valence-electron chi connectivity index (χ1n) is 8.75. The van der Waals surface area contributed by atoms with Crippen molar-refractivity contribution in [2.75, 3.05) is 25.6 Å². The molecular weight excluding hydrogens is 448 g/mol. The maximum atomic E-state index is 13.0. The number of aliphatic hydroxyl groups excluding tert-OH is 1. The average Bonchev–Trinajstić information content (AvgIpc) is 3.25. The van der Waals surface area contributed by atoms with Gasteiger partial charge in [-0.25, -0.2) is 36.7 Å². The number of nitrogen functional groups attached to an aromatic ring is 1. The first kappa shape index (κ1) is 22.9. The monoisotopic (exact) mass is 468 g/mol. The van der Waals surface area contributed by atoms with E-state index in [1.54, 1.807) is 6.07 Å². The van der Waals surface area contributed by atoms with Crippen LogP contribution in [0.25, 0.3) is 11.1 Å². The number of azo groups is 1. The Morgan fingerprint density at radius 2 is 1.94 bits per heavy atom. The number of benzene rings is 1. The Hall–Kier alpha value is -2.82. The van der Waals surface area contributed by atoms with E-state index in [4.69, 9.17) is 16.6 Å². The van der Waals surface area contributed by atoms with E-state index in [1.807, 2.05) is 0 Å². The quantitative estimate of drug-likeness (QED) is 0.313. The van der Waals surface area contributed by atoms with Crippen LogP contribution in [-0.2, 0) is 20.0 Å². The normalized spacial score (nSPS) is 15.1. The summed E-state index contributed by atoms with van der Waals surface area (Å²) in [6.45, 7) is -0.877. The van der Waals surface area contributed by atoms with Crippen molar-refractivity contribution in [3.05, 3.63) is 36.0 Å². The van der Waals surface area contributed by atoms with E-state index in [0.29, 0.717) is 5.56 Å². The maximum Gasteiger partial charge on any atom is 0.242 e. The van der Waals surface area contributed by atoms with Gasteiger partial charge in [-0.3, -0.25) is 0 Å². The van der Waals surface area contributed by atoms with Gasteiger partial charge in [0.2, 0.25) is 20.0 Å². The molecule has 2 heterocycles. The predicted molar refractivity (Wildman–Crippen MR) is 112 cm³/mol. The van der Waals surface area contributed by atoms with Crippen LogP contribution in [0.4, 0.5) is 5.82 Å². The van der Waals surface area contributed by atoms with Crippen LogP contribution in [0.2, 0.25) is 0 Å². The van der Waals surface area contributed by atoms with E-state index in [1.165, 1.54) is 18.3 Å². The van der Waals surface area contributed by atoms with Crippen LogP contribution < -0.4 is 21.3 Å². The van der Waals surface area contributed by atoms with Crippen molar-refractivity contribution in [1.29, 1.82) is 0 Å². The van der Waals surface area contributed by atoms with Crippen LogP contribution in [0.3, 0.4) is 0 Å². The third-order valence-electron chi connectivity index (χ3n) is 4.29. The van der Waals surface area contributed by atoms with E-state index in [9.17, 15) is 21.9 Å². The number of nitrogens with two attached hydrogens (primary N) is 3. The van der Waals surface area contributed by atoms with Gasteiger partial charge in [-0.2, -0.15) is 5.11 Å².